The second-order valence-electron chi connectivity index (χ2n) is 7.89. The van der Waals surface area contributed by atoms with Gasteiger partial charge in [-0.1, -0.05) is 69.3 Å². The van der Waals surface area contributed by atoms with Crippen LogP contribution >= 0.6 is 0 Å². The molecular formula is C24H28N6O. The van der Waals surface area contributed by atoms with Crippen LogP contribution in [0.25, 0.3) is 22.5 Å². The van der Waals surface area contributed by atoms with Gasteiger partial charge >= 0.3 is 0 Å². The van der Waals surface area contributed by atoms with Crippen molar-refractivity contribution in [2.24, 2.45) is 4.99 Å². The second-order valence-corrected chi connectivity index (χ2v) is 7.89. The monoisotopic (exact) mass is 416 g/mol. The van der Waals surface area contributed by atoms with Gasteiger partial charge in [-0.15, -0.1) is 10.2 Å². The molecule has 1 amide bonds. The molecule has 1 aromatic heterocycles. The summed E-state index contributed by atoms with van der Waals surface area (Å²) in [5.74, 6) is 1.62. The zero-order valence-electron chi connectivity index (χ0n) is 18.3. The highest BCUT2D eigenvalue weighted by molar-refractivity contribution is 6.08. The van der Waals surface area contributed by atoms with Gasteiger partial charge in [0.25, 0.3) is 5.91 Å². The van der Waals surface area contributed by atoms with E-state index in [0.29, 0.717) is 12.4 Å². The lowest BCUT2D eigenvalue weighted by Crippen LogP contribution is -2.41. The van der Waals surface area contributed by atoms with Gasteiger partial charge in [-0.2, -0.15) is 5.21 Å². The van der Waals surface area contributed by atoms with E-state index < -0.39 is 5.54 Å². The lowest BCUT2D eigenvalue weighted by atomic mass is 9.93. The molecule has 1 N–H and O–H groups in total. The molecule has 7 heteroatoms. The number of H-pyrrole nitrogens is 1. The molecule has 4 rings (SSSR count). The number of aromatic amines is 1. The molecule has 2 aromatic carbocycles. The molecule has 31 heavy (non-hydrogen) atoms. The third-order valence-corrected chi connectivity index (χ3v) is 6.06. The smallest absolute Gasteiger partial charge is 0.256 e. The summed E-state index contributed by atoms with van der Waals surface area (Å²) in [4.78, 5) is 20.0. The van der Waals surface area contributed by atoms with Crippen molar-refractivity contribution in [3.63, 3.8) is 0 Å². The number of aromatic nitrogens is 4. The molecule has 160 valence electrons. The Kier molecular flexibility index (Phi) is 5.93. The van der Waals surface area contributed by atoms with Gasteiger partial charge in [-0.3, -0.25) is 14.7 Å². The van der Waals surface area contributed by atoms with Crippen molar-refractivity contribution in [2.45, 2.75) is 58.5 Å². The van der Waals surface area contributed by atoms with Crippen LogP contribution in [0.1, 0.15) is 52.0 Å². The van der Waals surface area contributed by atoms with Crippen LogP contribution in [-0.2, 0) is 11.3 Å². The van der Waals surface area contributed by atoms with Crippen molar-refractivity contribution in [2.75, 3.05) is 0 Å². The number of amides is 1. The van der Waals surface area contributed by atoms with Gasteiger partial charge in [0.05, 0.1) is 6.54 Å². The van der Waals surface area contributed by atoms with Gasteiger partial charge in [0.2, 0.25) is 5.82 Å². The molecule has 0 saturated heterocycles. The van der Waals surface area contributed by atoms with Crippen molar-refractivity contribution >= 4 is 11.7 Å². The number of hydrogen-bond acceptors (Lipinski definition) is 5. The van der Waals surface area contributed by atoms with Crippen molar-refractivity contribution in [1.82, 2.24) is 25.5 Å². The Bertz CT molecular complexity index is 1070. The number of nitrogens with one attached hydrogen (secondary N) is 1. The summed E-state index contributed by atoms with van der Waals surface area (Å²) in [5.41, 5.74) is 3.52. The van der Waals surface area contributed by atoms with Crippen molar-refractivity contribution in [3.05, 3.63) is 54.1 Å². The lowest BCUT2D eigenvalue weighted by Gasteiger charge is -2.24. The van der Waals surface area contributed by atoms with E-state index in [-0.39, 0.29) is 5.91 Å². The normalized spacial score (nSPS) is 15.4. The topological polar surface area (TPSA) is 87.1 Å². The summed E-state index contributed by atoms with van der Waals surface area (Å²) in [6.07, 6.45) is 3.26. The Morgan fingerprint density at radius 1 is 0.968 bits per heavy atom. The number of rotatable bonds is 8. The van der Waals surface area contributed by atoms with Gasteiger partial charge in [-0.25, -0.2) is 0 Å². The minimum Gasteiger partial charge on any atom is -0.294 e. The molecule has 0 aliphatic carbocycles. The number of amidine groups is 1. The average Bonchev–Trinajstić information content (AvgIpc) is 3.43. The molecule has 0 bridgehead atoms. The molecular weight excluding hydrogens is 388 g/mol. The van der Waals surface area contributed by atoms with E-state index in [9.17, 15) is 4.79 Å². The molecule has 3 aromatic rings. The highest BCUT2D eigenvalue weighted by atomic mass is 16.2. The van der Waals surface area contributed by atoms with Crippen LogP contribution in [0, 0.1) is 0 Å². The Morgan fingerprint density at radius 3 is 2.29 bits per heavy atom. The van der Waals surface area contributed by atoms with Crippen LogP contribution in [-0.4, -0.2) is 42.8 Å². The predicted octanol–water partition coefficient (Wildman–Crippen LogP) is 4.63. The maximum Gasteiger partial charge on any atom is 0.256 e. The van der Waals surface area contributed by atoms with E-state index >= 15 is 0 Å². The highest BCUT2D eigenvalue weighted by Gasteiger charge is 2.44. The maximum atomic E-state index is 13.2. The summed E-state index contributed by atoms with van der Waals surface area (Å²) in [6.45, 7) is 6.77. The van der Waals surface area contributed by atoms with Crippen molar-refractivity contribution in [1.29, 1.82) is 0 Å². The van der Waals surface area contributed by atoms with Crippen LogP contribution < -0.4 is 0 Å². The molecule has 0 fully saturated rings. The molecule has 0 spiro atoms. The Hall–Kier alpha value is -3.35. The van der Waals surface area contributed by atoms with Crippen molar-refractivity contribution in [3.8, 4) is 22.5 Å². The standard InChI is InChI=1S/C24H28N6O/c1-4-9-21-25-24(5-2,6-3)23(31)30(21)16-17-12-14-18(15-13-17)19-10-7-8-11-20(19)22-26-28-29-27-22/h7-8,10-15H,4-6,9,16H2,1-3H3,(H,26,27,28,29). The first kappa shape index (κ1) is 20.9. The fraction of sp³-hybridized carbons (Fsp3) is 0.375. The second kappa shape index (κ2) is 8.79. The molecule has 2 heterocycles. The van der Waals surface area contributed by atoms with Crippen LogP contribution in [0.3, 0.4) is 0 Å². The summed E-state index contributed by atoms with van der Waals surface area (Å²) < 4.78 is 0. The van der Waals surface area contributed by atoms with E-state index in [1.165, 1.54) is 0 Å². The van der Waals surface area contributed by atoms with Gasteiger partial charge in [0, 0.05) is 12.0 Å². The fourth-order valence-corrected chi connectivity index (χ4v) is 4.19. The number of aliphatic imine (C=N–C) groups is 1. The Balaban J connectivity index is 1.59. The van der Waals surface area contributed by atoms with Crippen LogP contribution in [0.2, 0.25) is 0 Å². The number of nitrogens with zero attached hydrogens (tertiary/aromatic N) is 5. The minimum absolute atomic E-state index is 0.132. The summed E-state index contributed by atoms with van der Waals surface area (Å²) in [7, 11) is 0. The molecule has 0 saturated carbocycles. The third-order valence-electron chi connectivity index (χ3n) is 6.06. The highest BCUT2D eigenvalue weighted by Crippen LogP contribution is 2.33. The van der Waals surface area contributed by atoms with E-state index in [0.717, 1.165) is 53.8 Å². The zero-order valence-corrected chi connectivity index (χ0v) is 18.3. The number of hydrogen-bond donors (Lipinski definition) is 1. The predicted molar refractivity (Wildman–Crippen MR) is 121 cm³/mol. The molecule has 0 unspecified atom stereocenters. The first-order chi connectivity index (χ1) is 15.1. The van der Waals surface area contributed by atoms with Gasteiger partial charge < -0.3 is 0 Å². The maximum absolute atomic E-state index is 13.2. The Labute approximate surface area is 182 Å². The van der Waals surface area contributed by atoms with Gasteiger partial charge in [0.1, 0.15) is 11.4 Å². The van der Waals surface area contributed by atoms with E-state index in [2.05, 4.69) is 51.8 Å². The van der Waals surface area contributed by atoms with Crippen LogP contribution in [0.15, 0.2) is 53.5 Å². The number of carbonyl (C=O) groups is 1. The number of carbonyl (C=O) groups excluding carboxylic acids is 1. The molecule has 0 atom stereocenters. The van der Waals surface area contributed by atoms with E-state index in [4.69, 9.17) is 4.99 Å². The Morgan fingerprint density at radius 2 is 1.68 bits per heavy atom. The first-order valence-electron chi connectivity index (χ1n) is 10.9. The largest absolute Gasteiger partial charge is 0.294 e. The zero-order chi connectivity index (χ0) is 21.8. The fourth-order valence-electron chi connectivity index (χ4n) is 4.19. The van der Waals surface area contributed by atoms with Crippen molar-refractivity contribution < 1.29 is 4.79 Å². The molecule has 0 radical (unpaired) electrons. The molecule has 1 aliphatic rings. The third kappa shape index (κ3) is 3.87. The van der Waals surface area contributed by atoms with Gasteiger partial charge in [0.15, 0.2) is 0 Å². The average molecular weight is 417 g/mol. The number of tetrazole rings is 1. The minimum atomic E-state index is -0.589. The first-order valence-corrected chi connectivity index (χ1v) is 10.9. The van der Waals surface area contributed by atoms with Gasteiger partial charge in [-0.05, 0) is 41.2 Å². The lowest BCUT2D eigenvalue weighted by molar-refractivity contribution is -0.131. The molecule has 7 nitrogen and oxygen atoms in total. The van der Waals surface area contributed by atoms with Crippen LogP contribution in [0.5, 0.6) is 0 Å². The van der Waals surface area contributed by atoms with E-state index in [1.54, 1.807) is 0 Å². The summed E-state index contributed by atoms with van der Waals surface area (Å²) >= 11 is 0. The summed E-state index contributed by atoms with van der Waals surface area (Å²) in [5, 5.41) is 14.4. The van der Waals surface area contributed by atoms with Crippen LogP contribution in [0.4, 0.5) is 0 Å². The summed E-state index contributed by atoms with van der Waals surface area (Å²) in [6, 6.07) is 16.3. The van der Waals surface area contributed by atoms with E-state index in [1.807, 2.05) is 43.0 Å². The number of benzene rings is 2. The molecule has 1 aliphatic heterocycles. The quantitative estimate of drug-likeness (QED) is 0.580. The SMILES string of the molecule is CCCC1=NC(CC)(CC)C(=O)N1Cc1ccc(-c2ccccc2-c2nn[nH]n2)cc1.